The molecule has 3 aromatic heterocycles. The van der Waals surface area contributed by atoms with Crippen LogP contribution in [0.2, 0.25) is 5.02 Å². The number of hydrogen-bond donors (Lipinski definition) is 0. The molecule has 5 nitrogen and oxygen atoms in total. The lowest BCUT2D eigenvalue weighted by Crippen LogP contribution is -2.33. The Morgan fingerprint density at radius 1 is 1.13 bits per heavy atom. The van der Waals surface area contributed by atoms with E-state index in [4.69, 9.17) is 16.6 Å². The van der Waals surface area contributed by atoms with Crippen molar-refractivity contribution in [3.63, 3.8) is 0 Å². The van der Waals surface area contributed by atoms with E-state index in [0.29, 0.717) is 11.1 Å². The average molecular weight is 328 g/mol. The second-order valence-corrected chi connectivity index (χ2v) is 6.37. The van der Waals surface area contributed by atoms with E-state index in [1.54, 1.807) is 12.4 Å². The van der Waals surface area contributed by atoms with Gasteiger partial charge in [-0.05, 0) is 37.6 Å². The van der Waals surface area contributed by atoms with Crippen molar-refractivity contribution in [1.29, 1.82) is 0 Å². The van der Waals surface area contributed by atoms with Gasteiger partial charge >= 0.3 is 0 Å². The molecule has 118 valence electrons. The van der Waals surface area contributed by atoms with Crippen molar-refractivity contribution in [3.8, 4) is 0 Å². The topological polar surface area (TPSA) is 46.3 Å². The summed E-state index contributed by atoms with van der Waals surface area (Å²) in [6.07, 6.45) is 11.0. The van der Waals surface area contributed by atoms with Crippen LogP contribution in [0.15, 0.2) is 43.0 Å². The van der Waals surface area contributed by atoms with E-state index < -0.39 is 0 Å². The predicted molar refractivity (Wildman–Crippen MR) is 89.2 cm³/mol. The van der Waals surface area contributed by atoms with E-state index in [1.165, 1.54) is 12.8 Å². The predicted octanol–water partition coefficient (Wildman–Crippen LogP) is 3.50. The summed E-state index contributed by atoms with van der Waals surface area (Å²) in [5.41, 5.74) is 2.14. The molecule has 1 aliphatic heterocycles. The second-order valence-electron chi connectivity index (χ2n) is 5.94. The fourth-order valence-corrected chi connectivity index (χ4v) is 3.34. The Bertz CT molecular complexity index is 798. The first-order valence-corrected chi connectivity index (χ1v) is 8.31. The number of rotatable bonds is 3. The van der Waals surface area contributed by atoms with Crippen molar-refractivity contribution in [2.75, 3.05) is 6.54 Å². The molecule has 1 aliphatic rings. The largest absolute Gasteiger partial charge is 0.291 e. The van der Waals surface area contributed by atoms with Crippen LogP contribution in [-0.2, 0) is 6.54 Å². The highest BCUT2D eigenvalue weighted by molar-refractivity contribution is 6.30. The minimum absolute atomic E-state index is 0.322. The standard InChI is InChI=1S/C17H18ClN5/c18-13-4-5-14(20-11-13)12-23-8-2-1-3-16(23)15-6-9-22-10-7-19-17(22)21-15/h4-7,9-11,16H,1-3,8,12H2/t16-/m1/s1. The van der Waals surface area contributed by atoms with Crippen molar-refractivity contribution in [3.05, 3.63) is 59.4 Å². The number of likely N-dealkylation sites (tertiary alicyclic amines) is 1. The number of fused-ring (bicyclic) bond motifs is 1. The molecule has 6 heteroatoms. The third-order valence-corrected chi connectivity index (χ3v) is 4.62. The van der Waals surface area contributed by atoms with Crippen LogP contribution in [0.1, 0.15) is 36.7 Å². The lowest BCUT2D eigenvalue weighted by atomic mass is 9.99. The molecule has 0 radical (unpaired) electrons. The smallest absolute Gasteiger partial charge is 0.233 e. The molecule has 0 N–H and O–H groups in total. The molecule has 3 aromatic rings. The molecule has 0 aromatic carbocycles. The fourth-order valence-electron chi connectivity index (χ4n) is 3.23. The molecule has 1 atom stereocenters. The van der Waals surface area contributed by atoms with Crippen LogP contribution >= 0.6 is 11.6 Å². The van der Waals surface area contributed by atoms with Gasteiger partial charge in [0.05, 0.1) is 22.5 Å². The molecule has 1 fully saturated rings. The zero-order valence-corrected chi connectivity index (χ0v) is 13.5. The van der Waals surface area contributed by atoms with Crippen molar-refractivity contribution >= 4 is 17.4 Å². The minimum atomic E-state index is 0.322. The Kier molecular flexibility index (Phi) is 3.97. The summed E-state index contributed by atoms with van der Waals surface area (Å²) < 4.78 is 1.94. The van der Waals surface area contributed by atoms with Crippen LogP contribution in [-0.4, -0.2) is 30.8 Å². The van der Waals surface area contributed by atoms with Gasteiger partial charge in [0, 0.05) is 31.3 Å². The SMILES string of the molecule is Clc1ccc(CN2CCCC[C@@H]2c2ccn3ccnc3n2)nc1. The van der Waals surface area contributed by atoms with Gasteiger partial charge in [-0.15, -0.1) is 0 Å². The van der Waals surface area contributed by atoms with Gasteiger partial charge < -0.3 is 0 Å². The zero-order chi connectivity index (χ0) is 15.6. The maximum Gasteiger partial charge on any atom is 0.233 e. The van der Waals surface area contributed by atoms with Crippen LogP contribution in [0.5, 0.6) is 0 Å². The molecule has 0 spiro atoms. The summed E-state index contributed by atoms with van der Waals surface area (Å²) in [5, 5.41) is 0.676. The summed E-state index contributed by atoms with van der Waals surface area (Å²) in [7, 11) is 0. The van der Waals surface area contributed by atoms with Crippen LogP contribution in [0.3, 0.4) is 0 Å². The van der Waals surface area contributed by atoms with Crippen LogP contribution in [0.4, 0.5) is 0 Å². The van der Waals surface area contributed by atoms with E-state index in [-0.39, 0.29) is 0 Å². The van der Waals surface area contributed by atoms with Gasteiger partial charge in [-0.2, -0.15) is 0 Å². The van der Waals surface area contributed by atoms with Crippen molar-refractivity contribution < 1.29 is 0 Å². The third kappa shape index (κ3) is 3.07. The fraction of sp³-hybridized carbons (Fsp3) is 0.353. The van der Waals surface area contributed by atoms with Gasteiger partial charge in [0.25, 0.3) is 0 Å². The number of imidazole rings is 1. The van der Waals surface area contributed by atoms with Crippen molar-refractivity contribution in [1.82, 2.24) is 24.3 Å². The lowest BCUT2D eigenvalue weighted by Gasteiger charge is -2.35. The summed E-state index contributed by atoms with van der Waals surface area (Å²) in [4.78, 5) is 15.9. The Labute approximate surface area is 140 Å². The Hall–Kier alpha value is -1.98. The molecule has 23 heavy (non-hydrogen) atoms. The maximum atomic E-state index is 5.93. The van der Waals surface area contributed by atoms with Crippen LogP contribution in [0, 0.1) is 0 Å². The first-order chi connectivity index (χ1) is 11.3. The maximum absolute atomic E-state index is 5.93. The minimum Gasteiger partial charge on any atom is -0.291 e. The van der Waals surface area contributed by atoms with E-state index in [1.807, 2.05) is 28.9 Å². The Morgan fingerprint density at radius 3 is 2.96 bits per heavy atom. The van der Waals surface area contributed by atoms with E-state index in [9.17, 15) is 0 Å². The van der Waals surface area contributed by atoms with E-state index in [0.717, 1.165) is 36.7 Å². The van der Waals surface area contributed by atoms with E-state index >= 15 is 0 Å². The van der Waals surface area contributed by atoms with Gasteiger partial charge in [0.1, 0.15) is 0 Å². The molecule has 0 unspecified atom stereocenters. The molecule has 0 bridgehead atoms. The van der Waals surface area contributed by atoms with Crippen molar-refractivity contribution in [2.24, 2.45) is 0 Å². The number of piperidine rings is 1. The normalized spacial score (nSPS) is 19.3. The third-order valence-electron chi connectivity index (χ3n) is 4.39. The molecule has 4 rings (SSSR count). The summed E-state index contributed by atoms with van der Waals surface area (Å²) in [5.74, 6) is 0.762. The monoisotopic (exact) mass is 327 g/mol. The average Bonchev–Trinajstić information content (AvgIpc) is 3.05. The van der Waals surface area contributed by atoms with Gasteiger partial charge in [-0.3, -0.25) is 14.3 Å². The van der Waals surface area contributed by atoms with E-state index in [2.05, 4.69) is 20.9 Å². The molecule has 1 saturated heterocycles. The molecule has 4 heterocycles. The number of pyridine rings is 1. The van der Waals surface area contributed by atoms with Crippen molar-refractivity contribution in [2.45, 2.75) is 31.8 Å². The summed E-state index contributed by atoms with van der Waals surface area (Å²) in [6, 6.07) is 6.33. The number of aromatic nitrogens is 4. The first kappa shape index (κ1) is 14.6. The molecular formula is C17H18ClN5. The molecule has 0 amide bonds. The zero-order valence-electron chi connectivity index (χ0n) is 12.8. The van der Waals surface area contributed by atoms with Crippen LogP contribution in [0.25, 0.3) is 5.78 Å². The summed E-state index contributed by atoms with van der Waals surface area (Å²) in [6.45, 7) is 1.89. The second kappa shape index (κ2) is 6.26. The molecule has 0 aliphatic carbocycles. The van der Waals surface area contributed by atoms with Crippen LogP contribution < -0.4 is 0 Å². The summed E-state index contributed by atoms with van der Waals surface area (Å²) >= 11 is 5.93. The van der Waals surface area contributed by atoms with Gasteiger partial charge in [0.2, 0.25) is 5.78 Å². The van der Waals surface area contributed by atoms with Gasteiger partial charge in [0.15, 0.2) is 0 Å². The highest BCUT2D eigenvalue weighted by Crippen LogP contribution is 2.31. The highest BCUT2D eigenvalue weighted by Gasteiger charge is 2.25. The lowest BCUT2D eigenvalue weighted by molar-refractivity contribution is 0.135. The molecular weight excluding hydrogens is 310 g/mol. The number of hydrogen-bond acceptors (Lipinski definition) is 4. The molecule has 0 saturated carbocycles. The van der Waals surface area contributed by atoms with Gasteiger partial charge in [-0.25, -0.2) is 9.97 Å². The quantitative estimate of drug-likeness (QED) is 0.738. The highest BCUT2D eigenvalue weighted by atomic mass is 35.5. The number of halogens is 1. The van der Waals surface area contributed by atoms with Gasteiger partial charge in [-0.1, -0.05) is 18.0 Å². The first-order valence-electron chi connectivity index (χ1n) is 7.94. The Morgan fingerprint density at radius 2 is 2.09 bits per heavy atom. The Balaban J connectivity index is 1.60. The number of nitrogens with zero attached hydrogens (tertiary/aromatic N) is 5.